The van der Waals surface area contributed by atoms with E-state index in [0.717, 1.165) is 5.56 Å². The summed E-state index contributed by atoms with van der Waals surface area (Å²) in [6.45, 7) is 1.88. The number of nitrogens with one attached hydrogen (secondary N) is 2. The van der Waals surface area contributed by atoms with Crippen molar-refractivity contribution in [1.82, 2.24) is 0 Å². The summed E-state index contributed by atoms with van der Waals surface area (Å²) in [6, 6.07) is 17.9. The molecule has 6 nitrogen and oxygen atoms in total. The van der Waals surface area contributed by atoms with Gasteiger partial charge in [-0.3, -0.25) is 9.44 Å². The molecular formula is C19H16N2O4S2. The third-order valence-electron chi connectivity index (χ3n) is 4.31. The van der Waals surface area contributed by atoms with Gasteiger partial charge in [0, 0.05) is 16.8 Å². The topological polar surface area (TPSA) is 92.3 Å². The fraction of sp³-hybridized carbons (Fsp3) is 0.0526. The number of aryl methyl sites for hydroxylation is 1. The molecule has 0 unspecified atom stereocenters. The predicted molar refractivity (Wildman–Crippen MR) is 105 cm³/mol. The number of hydrogen-bond donors (Lipinski definition) is 2. The molecular weight excluding hydrogens is 384 g/mol. The van der Waals surface area contributed by atoms with Crippen LogP contribution >= 0.6 is 0 Å². The highest BCUT2D eigenvalue weighted by Crippen LogP contribution is 2.40. The Labute approximate surface area is 158 Å². The lowest BCUT2D eigenvalue weighted by atomic mass is 10.0. The lowest BCUT2D eigenvalue weighted by Gasteiger charge is -2.22. The van der Waals surface area contributed by atoms with Crippen molar-refractivity contribution in [3.63, 3.8) is 0 Å². The summed E-state index contributed by atoms with van der Waals surface area (Å²) in [7, 11) is -7.38. The molecule has 0 aliphatic carbocycles. The fourth-order valence-electron chi connectivity index (χ4n) is 2.97. The average molecular weight is 400 g/mol. The molecule has 0 spiro atoms. The van der Waals surface area contributed by atoms with E-state index in [-0.39, 0.29) is 9.79 Å². The normalized spacial score (nSPS) is 14.6. The van der Waals surface area contributed by atoms with Gasteiger partial charge in [-0.25, -0.2) is 16.8 Å². The molecule has 3 aromatic rings. The quantitative estimate of drug-likeness (QED) is 0.703. The van der Waals surface area contributed by atoms with Crippen LogP contribution < -0.4 is 9.44 Å². The van der Waals surface area contributed by atoms with Crippen LogP contribution in [0.15, 0.2) is 76.5 Å². The molecule has 0 bridgehead atoms. The minimum atomic E-state index is -3.75. The van der Waals surface area contributed by atoms with Gasteiger partial charge in [-0.15, -0.1) is 0 Å². The molecule has 4 rings (SSSR count). The van der Waals surface area contributed by atoms with Crippen LogP contribution in [0.3, 0.4) is 0 Å². The van der Waals surface area contributed by atoms with Gasteiger partial charge in [0.1, 0.15) is 0 Å². The number of sulfonamides is 2. The standard InChI is InChI=1S/C19H16N2O4S2/c1-13-6-9-15(10-7-13)26(22,23)20-14-8-11-18-17(12-14)16-4-2-3-5-19(16)27(24,25)21-18/h2-12,20-21H,1H3. The monoisotopic (exact) mass is 400 g/mol. The maximum absolute atomic E-state index is 12.6. The molecule has 2 N–H and O–H groups in total. The summed E-state index contributed by atoms with van der Waals surface area (Å²) in [5.74, 6) is 0. The molecule has 1 aliphatic rings. The Morgan fingerprint density at radius 2 is 1.59 bits per heavy atom. The van der Waals surface area contributed by atoms with Crippen LogP contribution in [0.5, 0.6) is 0 Å². The van der Waals surface area contributed by atoms with Gasteiger partial charge >= 0.3 is 0 Å². The zero-order valence-corrected chi connectivity index (χ0v) is 15.9. The summed E-state index contributed by atoms with van der Waals surface area (Å²) >= 11 is 0. The first-order valence-electron chi connectivity index (χ1n) is 8.12. The highest BCUT2D eigenvalue weighted by molar-refractivity contribution is 7.93. The van der Waals surface area contributed by atoms with E-state index in [4.69, 9.17) is 0 Å². The van der Waals surface area contributed by atoms with Crippen molar-refractivity contribution in [1.29, 1.82) is 0 Å². The minimum absolute atomic E-state index is 0.159. The Bertz CT molecular complexity index is 1250. The Hall–Kier alpha value is -2.84. The number of rotatable bonds is 3. The van der Waals surface area contributed by atoms with Gasteiger partial charge in [0.05, 0.1) is 15.5 Å². The van der Waals surface area contributed by atoms with Crippen molar-refractivity contribution in [2.24, 2.45) is 0 Å². The first-order chi connectivity index (χ1) is 12.8. The van der Waals surface area contributed by atoms with Crippen LogP contribution in [0.1, 0.15) is 5.56 Å². The minimum Gasteiger partial charge on any atom is -0.280 e. The molecule has 1 heterocycles. The van der Waals surface area contributed by atoms with Gasteiger partial charge in [0.2, 0.25) is 0 Å². The third-order valence-corrected chi connectivity index (χ3v) is 7.14. The summed E-state index contributed by atoms with van der Waals surface area (Å²) in [5.41, 5.74) is 2.87. The molecule has 0 fully saturated rings. The van der Waals surface area contributed by atoms with Gasteiger partial charge in [0.15, 0.2) is 0 Å². The second-order valence-corrected chi connectivity index (χ2v) is 9.61. The predicted octanol–water partition coefficient (Wildman–Crippen LogP) is 3.58. The van der Waals surface area contributed by atoms with Crippen LogP contribution in [0.4, 0.5) is 11.4 Å². The van der Waals surface area contributed by atoms with Crippen molar-refractivity contribution in [2.45, 2.75) is 16.7 Å². The second kappa shape index (κ2) is 6.11. The summed E-state index contributed by atoms with van der Waals surface area (Å²) in [6.07, 6.45) is 0. The van der Waals surface area contributed by atoms with Crippen molar-refractivity contribution in [3.8, 4) is 11.1 Å². The van der Waals surface area contributed by atoms with Crippen LogP contribution in [-0.4, -0.2) is 16.8 Å². The molecule has 138 valence electrons. The van der Waals surface area contributed by atoms with E-state index < -0.39 is 20.0 Å². The largest absolute Gasteiger partial charge is 0.280 e. The number of benzene rings is 3. The van der Waals surface area contributed by atoms with E-state index in [1.165, 1.54) is 12.1 Å². The van der Waals surface area contributed by atoms with E-state index in [0.29, 0.717) is 22.5 Å². The number of hydrogen-bond acceptors (Lipinski definition) is 4. The SMILES string of the molecule is Cc1ccc(S(=O)(=O)Nc2ccc3c(c2)-c2ccccc2S(=O)(=O)N3)cc1. The molecule has 0 aromatic heterocycles. The molecule has 0 atom stereocenters. The van der Waals surface area contributed by atoms with Crippen molar-refractivity contribution < 1.29 is 16.8 Å². The van der Waals surface area contributed by atoms with E-state index >= 15 is 0 Å². The molecule has 3 aromatic carbocycles. The first kappa shape index (κ1) is 17.6. The number of fused-ring (bicyclic) bond motifs is 3. The third kappa shape index (κ3) is 3.17. The lowest BCUT2D eigenvalue weighted by Crippen LogP contribution is -2.19. The van der Waals surface area contributed by atoms with Gasteiger partial charge in [0.25, 0.3) is 20.0 Å². The smallest absolute Gasteiger partial charge is 0.262 e. The van der Waals surface area contributed by atoms with Crippen LogP contribution in [0, 0.1) is 6.92 Å². The van der Waals surface area contributed by atoms with Crippen molar-refractivity contribution >= 4 is 31.4 Å². The Morgan fingerprint density at radius 3 is 2.33 bits per heavy atom. The second-order valence-electron chi connectivity index (χ2n) is 6.28. The fourth-order valence-corrected chi connectivity index (χ4v) is 5.33. The summed E-state index contributed by atoms with van der Waals surface area (Å²) in [5, 5.41) is 0. The average Bonchev–Trinajstić information content (AvgIpc) is 2.62. The maximum atomic E-state index is 12.6. The van der Waals surface area contributed by atoms with Gasteiger partial charge in [-0.05, 0) is 43.3 Å². The molecule has 0 saturated heterocycles. The van der Waals surface area contributed by atoms with Crippen LogP contribution in [-0.2, 0) is 20.0 Å². The molecule has 0 saturated carbocycles. The number of anilines is 2. The molecule has 0 radical (unpaired) electrons. The molecule has 1 aliphatic heterocycles. The molecule has 0 amide bonds. The van der Waals surface area contributed by atoms with E-state index in [9.17, 15) is 16.8 Å². The van der Waals surface area contributed by atoms with Gasteiger partial charge in [-0.1, -0.05) is 35.9 Å². The van der Waals surface area contributed by atoms with E-state index in [1.54, 1.807) is 54.6 Å². The summed E-state index contributed by atoms with van der Waals surface area (Å²) in [4.78, 5) is 0.322. The van der Waals surface area contributed by atoms with E-state index in [2.05, 4.69) is 9.44 Å². The summed E-state index contributed by atoms with van der Waals surface area (Å²) < 4.78 is 55.0. The molecule has 27 heavy (non-hydrogen) atoms. The highest BCUT2D eigenvalue weighted by atomic mass is 32.2. The zero-order chi connectivity index (χ0) is 19.2. The van der Waals surface area contributed by atoms with Crippen LogP contribution in [0.25, 0.3) is 11.1 Å². The Kier molecular flexibility index (Phi) is 3.97. The van der Waals surface area contributed by atoms with Crippen molar-refractivity contribution in [3.05, 3.63) is 72.3 Å². The maximum Gasteiger partial charge on any atom is 0.262 e. The van der Waals surface area contributed by atoms with Crippen LogP contribution in [0.2, 0.25) is 0 Å². The zero-order valence-electron chi connectivity index (χ0n) is 14.3. The Morgan fingerprint density at radius 1 is 0.889 bits per heavy atom. The van der Waals surface area contributed by atoms with E-state index in [1.807, 2.05) is 6.92 Å². The van der Waals surface area contributed by atoms with Gasteiger partial charge in [-0.2, -0.15) is 0 Å². The van der Waals surface area contributed by atoms with Crippen molar-refractivity contribution in [2.75, 3.05) is 9.44 Å². The van der Waals surface area contributed by atoms with Gasteiger partial charge < -0.3 is 0 Å². The highest BCUT2D eigenvalue weighted by Gasteiger charge is 2.27. The molecule has 8 heteroatoms. The lowest BCUT2D eigenvalue weighted by molar-refractivity contribution is 0.599. The first-order valence-corrected chi connectivity index (χ1v) is 11.1. The Balaban J connectivity index is 1.76.